The number of fused-ring (bicyclic) bond motifs is 2. The Labute approximate surface area is 150 Å². The maximum Gasteiger partial charge on any atom is 0.255 e. The number of benzene rings is 2. The van der Waals surface area contributed by atoms with Crippen LogP contribution in [-0.2, 0) is 0 Å². The van der Waals surface area contributed by atoms with Gasteiger partial charge in [-0.1, -0.05) is 0 Å². The number of halogens is 1. The Bertz CT molecular complexity index is 846. The van der Waals surface area contributed by atoms with E-state index in [1.165, 1.54) is 25.7 Å². The molecule has 2 fully saturated rings. The lowest BCUT2D eigenvalue weighted by Crippen LogP contribution is -2.27. The molecule has 5 nitrogen and oxygen atoms in total. The second-order valence-electron chi connectivity index (χ2n) is 6.88. The number of amides is 1. The van der Waals surface area contributed by atoms with Crippen molar-refractivity contribution in [1.82, 2.24) is 0 Å². The van der Waals surface area contributed by atoms with E-state index in [9.17, 15) is 19.1 Å². The van der Waals surface area contributed by atoms with Crippen LogP contribution >= 0.6 is 0 Å². The number of carbonyl (C=O) groups excluding carboxylic acids is 2. The van der Waals surface area contributed by atoms with Crippen LogP contribution in [0.4, 0.5) is 15.8 Å². The molecule has 2 aliphatic heterocycles. The summed E-state index contributed by atoms with van der Waals surface area (Å²) in [6, 6.07) is 10.9. The molecule has 2 aromatic carbocycles. The van der Waals surface area contributed by atoms with Crippen LogP contribution < -0.4 is 10.2 Å². The number of aldehydes is 1. The number of anilines is 2. The van der Waals surface area contributed by atoms with Crippen LogP contribution in [0.15, 0.2) is 36.4 Å². The Morgan fingerprint density at radius 3 is 2.31 bits per heavy atom. The van der Waals surface area contributed by atoms with E-state index in [1.54, 1.807) is 0 Å². The van der Waals surface area contributed by atoms with E-state index in [0.717, 1.165) is 17.8 Å². The van der Waals surface area contributed by atoms with Gasteiger partial charge >= 0.3 is 0 Å². The minimum absolute atomic E-state index is 0.0240. The average molecular weight is 354 g/mol. The lowest BCUT2D eigenvalue weighted by atomic mass is 10.0. The first kappa shape index (κ1) is 16.6. The molecule has 2 aromatic rings. The molecule has 2 saturated heterocycles. The van der Waals surface area contributed by atoms with Crippen LogP contribution in [0.2, 0.25) is 0 Å². The molecular weight excluding hydrogens is 335 g/mol. The van der Waals surface area contributed by atoms with Gasteiger partial charge in [0, 0.05) is 29.0 Å². The summed E-state index contributed by atoms with van der Waals surface area (Å²) in [5.41, 5.74) is 1.47. The monoisotopic (exact) mass is 354 g/mol. The van der Waals surface area contributed by atoms with Crippen molar-refractivity contribution >= 4 is 23.6 Å². The highest BCUT2D eigenvalue weighted by atomic mass is 19.1. The molecule has 4 rings (SSSR count). The molecule has 0 saturated carbocycles. The standard InChI is InChI=1S/C20H19FN2O3/c21-18-10-12(9-13(11-24)19(18)25)20(26)22-14-1-3-15(4-2-14)23-16-5-6-17(23)8-7-16/h1-4,9-11,16-17,25H,5-8H2,(H,22,26). The summed E-state index contributed by atoms with van der Waals surface area (Å²) in [5.74, 6) is -2.29. The number of carbonyl (C=O) groups is 2. The third kappa shape index (κ3) is 2.81. The van der Waals surface area contributed by atoms with Crippen LogP contribution in [0.25, 0.3) is 0 Å². The number of rotatable bonds is 4. The molecule has 0 atom stereocenters. The quantitative estimate of drug-likeness (QED) is 0.821. The van der Waals surface area contributed by atoms with Gasteiger partial charge < -0.3 is 15.3 Å². The number of phenolic OH excluding ortho intramolecular Hbond substituents is 1. The third-order valence-electron chi connectivity index (χ3n) is 5.36. The fourth-order valence-electron chi connectivity index (χ4n) is 4.10. The van der Waals surface area contributed by atoms with E-state index in [-0.39, 0.29) is 11.1 Å². The van der Waals surface area contributed by atoms with Crippen LogP contribution in [0.1, 0.15) is 46.4 Å². The summed E-state index contributed by atoms with van der Waals surface area (Å²) in [4.78, 5) is 25.7. The highest BCUT2D eigenvalue weighted by Crippen LogP contribution is 2.41. The fraction of sp³-hybridized carbons (Fsp3) is 0.300. The lowest BCUT2D eigenvalue weighted by molar-refractivity contribution is 0.102. The summed E-state index contributed by atoms with van der Waals surface area (Å²) in [6.45, 7) is 0. The predicted octanol–water partition coefficient (Wildman–Crippen LogP) is 3.73. The van der Waals surface area contributed by atoms with Crippen molar-refractivity contribution in [3.63, 3.8) is 0 Å². The Morgan fingerprint density at radius 2 is 1.73 bits per heavy atom. The molecule has 0 aromatic heterocycles. The number of nitrogens with zero attached hydrogens (tertiary/aromatic N) is 1. The van der Waals surface area contributed by atoms with E-state index in [2.05, 4.69) is 10.2 Å². The molecule has 2 aliphatic rings. The van der Waals surface area contributed by atoms with Crippen molar-refractivity contribution in [2.45, 2.75) is 37.8 Å². The summed E-state index contributed by atoms with van der Waals surface area (Å²) in [5, 5.41) is 12.1. The average Bonchev–Trinajstić information content (AvgIpc) is 3.25. The van der Waals surface area contributed by atoms with Crippen molar-refractivity contribution < 1.29 is 19.1 Å². The molecule has 2 heterocycles. The maximum absolute atomic E-state index is 13.6. The minimum atomic E-state index is -1.00. The Balaban J connectivity index is 1.50. The number of aromatic hydroxyl groups is 1. The number of hydrogen-bond acceptors (Lipinski definition) is 4. The van der Waals surface area contributed by atoms with Crippen molar-refractivity contribution in [3.05, 3.63) is 53.3 Å². The first-order valence-electron chi connectivity index (χ1n) is 8.74. The number of nitrogens with one attached hydrogen (secondary N) is 1. The Hall–Kier alpha value is -2.89. The molecule has 0 unspecified atom stereocenters. The van der Waals surface area contributed by atoms with Crippen LogP contribution in [0.5, 0.6) is 5.75 Å². The first-order chi connectivity index (χ1) is 12.6. The van der Waals surface area contributed by atoms with Crippen LogP contribution in [-0.4, -0.2) is 29.4 Å². The Kier molecular flexibility index (Phi) is 4.11. The van der Waals surface area contributed by atoms with E-state index in [4.69, 9.17) is 0 Å². The lowest BCUT2D eigenvalue weighted by Gasteiger charge is -2.24. The zero-order chi connectivity index (χ0) is 18.3. The molecule has 26 heavy (non-hydrogen) atoms. The van der Waals surface area contributed by atoms with Gasteiger partial charge in [0.2, 0.25) is 0 Å². The fourth-order valence-corrected chi connectivity index (χ4v) is 4.10. The topological polar surface area (TPSA) is 69.6 Å². The summed E-state index contributed by atoms with van der Waals surface area (Å²) in [7, 11) is 0. The number of hydrogen-bond donors (Lipinski definition) is 2. The summed E-state index contributed by atoms with van der Waals surface area (Å²) >= 11 is 0. The third-order valence-corrected chi connectivity index (χ3v) is 5.36. The smallest absolute Gasteiger partial charge is 0.255 e. The second-order valence-corrected chi connectivity index (χ2v) is 6.88. The SMILES string of the molecule is O=Cc1cc(C(=O)Nc2ccc(N3C4CCC3CC4)cc2)cc(F)c1O. The Morgan fingerprint density at radius 1 is 1.12 bits per heavy atom. The number of phenols is 1. The second kappa shape index (κ2) is 6.44. The largest absolute Gasteiger partial charge is 0.504 e. The predicted molar refractivity (Wildman–Crippen MR) is 96.4 cm³/mol. The molecule has 2 N–H and O–H groups in total. The minimum Gasteiger partial charge on any atom is -0.504 e. The van der Waals surface area contributed by atoms with Gasteiger partial charge in [0.25, 0.3) is 5.91 Å². The van der Waals surface area contributed by atoms with Crippen molar-refractivity contribution in [2.75, 3.05) is 10.2 Å². The van der Waals surface area contributed by atoms with Gasteiger partial charge in [-0.25, -0.2) is 4.39 Å². The van der Waals surface area contributed by atoms with Crippen LogP contribution in [0, 0.1) is 5.82 Å². The normalized spacial score (nSPS) is 21.0. The van der Waals surface area contributed by atoms with Crippen molar-refractivity contribution in [1.29, 1.82) is 0 Å². The van der Waals surface area contributed by atoms with Gasteiger partial charge in [-0.2, -0.15) is 0 Å². The zero-order valence-electron chi connectivity index (χ0n) is 14.1. The summed E-state index contributed by atoms with van der Waals surface area (Å²) in [6.07, 6.45) is 5.29. The zero-order valence-corrected chi connectivity index (χ0v) is 14.1. The molecule has 2 bridgehead atoms. The van der Waals surface area contributed by atoms with Gasteiger partial charge in [0.05, 0.1) is 5.56 Å². The van der Waals surface area contributed by atoms with Gasteiger partial charge in [-0.3, -0.25) is 9.59 Å². The van der Waals surface area contributed by atoms with Gasteiger partial charge in [0.15, 0.2) is 17.9 Å². The molecule has 0 spiro atoms. The molecular formula is C20H19FN2O3. The van der Waals surface area contributed by atoms with Gasteiger partial charge in [0.1, 0.15) is 0 Å². The highest BCUT2D eigenvalue weighted by Gasteiger charge is 2.39. The van der Waals surface area contributed by atoms with Crippen molar-refractivity contribution in [2.24, 2.45) is 0 Å². The summed E-state index contributed by atoms with van der Waals surface area (Å²) < 4.78 is 13.6. The van der Waals surface area contributed by atoms with Gasteiger partial charge in [-0.05, 0) is 62.1 Å². The van der Waals surface area contributed by atoms with E-state index < -0.39 is 17.5 Å². The van der Waals surface area contributed by atoms with Crippen LogP contribution in [0.3, 0.4) is 0 Å². The van der Waals surface area contributed by atoms with E-state index in [0.29, 0.717) is 24.1 Å². The van der Waals surface area contributed by atoms with Crippen molar-refractivity contribution in [3.8, 4) is 5.75 Å². The molecule has 0 aliphatic carbocycles. The van der Waals surface area contributed by atoms with E-state index in [1.807, 2.05) is 24.3 Å². The first-order valence-corrected chi connectivity index (χ1v) is 8.74. The van der Waals surface area contributed by atoms with E-state index >= 15 is 0 Å². The molecule has 134 valence electrons. The molecule has 1 amide bonds. The molecule has 0 radical (unpaired) electrons. The highest BCUT2D eigenvalue weighted by molar-refractivity contribution is 6.05. The van der Waals surface area contributed by atoms with Gasteiger partial charge in [-0.15, -0.1) is 0 Å². The maximum atomic E-state index is 13.6. The molecule has 6 heteroatoms.